The minimum atomic E-state index is 0.255. The molecular weight excluding hydrogens is 228 g/mol. The molecule has 0 saturated carbocycles. The number of nitrogens with one attached hydrogen (secondary N) is 1. The Morgan fingerprint density at radius 2 is 2.06 bits per heavy atom. The molecule has 6 nitrogen and oxygen atoms in total. The van der Waals surface area contributed by atoms with Crippen molar-refractivity contribution in [2.75, 3.05) is 11.1 Å². The number of nitrogens with two attached hydrogens (primary N) is 1. The highest BCUT2D eigenvalue weighted by Gasteiger charge is 2.14. The monoisotopic (exact) mass is 246 g/mol. The summed E-state index contributed by atoms with van der Waals surface area (Å²) in [4.78, 5) is 8.30. The summed E-state index contributed by atoms with van der Waals surface area (Å²) in [6.07, 6.45) is 3.38. The van der Waals surface area contributed by atoms with Gasteiger partial charge in [0.15, 0.2) is 0 Å². The van der Waals surface area contributed by atoms with Gasteiger partial charge in [-0.1, -0.05) is 13.8 Å². The summed E-state index contributed by atoms with van der Waals surface area (Å²) in [7, 11) is 1.88. The highest BCUT2D eigenvalue weighted by molar-refractivity contribution is 5.65. The molecule has 96 valence electrons. The van der Waals surface area contributed by atoms with Crippen molar-refractivity contribution in [2.24, 2.45) is 7.05 Å². The predicted molar refractivity (Wildman–Crippen MR) is 71.8 cm³/mol. The van der Waals surface area contributed by atoms with Crippen LogP contribution in [0.2, 0.25) is 0 Å². The van der Waals surface area contributed by atoms with Gasteiger partial charge in [0.25, 0.3) is 0 Å². The quantitative estimate of drug-likeness (QED) is 0.865. The second-order valence-corrected chi connectivity index (χ2v) is 4.60. The fourth-order valence-corrected chi connectivity index (χ4v) is 1.93. The standard InChI is InChI=1S/C12H18N6/c1-7(2)10-11(13)14-6-15-12(10)16-9-5-18(4)17-8(9)3/h5-7H,1-4H3,(H3,13,14,15,16). The summed E-state index contributed by atoms with van der Waals surface area (Å²) in [6, 6.07) is 0. The van der Waals surface area contributed by atoms with Gasteiger partial charge >= 0.3 is 0 Å². The summed E-state index contributed by atoms with van der Waals surface area (Å²) in [6.45, 7) is 6.08. The second kappa shape index (κ2) is 4.64. The Kier molecular flexibility index (Phi) is 3.18. The summed E-state index contributed by atoms with van der Waals surface area (Å²) < 4.78 is 1.76. The van der Waals surface area contributed by atoms with Crippen LogP contribution in [0.25, 0.3) is 0 Å². The zero-order valence-electron chi connectivity index (χ0n) is 11.1. The fourth-order valence-electron chi connectivity index (χ4n) is 1.93. The molecule has 3 N–H and O–H groups in total. The molecule has 6 heteroatoms. The zero-order chi connectivity index (χ0) is 13.3. The third-order valence-corrected chi connectivity index (χ3v) is 2.76. The Labute approximate surface area is 106 Å². The summed E-state index contributed by atoms with van der Waals surface area (Å²) in [5, 5.41) is 7.55. The molecule has 0 aromatic carbocycles. The van der Waals surface area contributed by atoms with Crippen molar-refractivity contribution in [3.8, 4) is 0 Å². The van der Waals surface area contributed by atoms with E-state index >= 15 is 0 Å². The van der Waals surface area contributed by atoms with Crippen molar-refractivity contribution < 1.29 is 0 Å². The highest BCUT2D eigenvalue weighted by atomic mass is 15.3. The van der Waals surface area contributed by atoms with Crippen LogP contribution in [-0.2, 0) is 7.05 Å². The Bertz CT molecular complexity index is 558. The minimum Gasteiger partial charge on any atom is -0.383 e. The molecular formula is C12H18N6. The van der Waals surface area contributed by atoms with E-state index in [0.29, 0.717) is 5.82 Å². The molecule has 18 heavy (non-hydrogen) atoms. The normalized spacial score (nSPS) is 10.9. The van der Waals surface area contributed by atoms with Gasteiger partial charge < -0.3 is 11.1 Å². The maximum absolute atomic E-state index is 5.91. The van der Waals surface area contributed by atoms with Crippen LogP contribution in [0.4, 0.5) is 17.3 Å². The molecule has 0 saturated heterocycles. The molecule has 0 aliphatic carbocycles. The van der Waals surface area contributed by atoms with Crippen LogP contribution >= 0.6 is 0 Å². The summed E-state index contributed by atoms with van der Waals surface area (Å²) >= 11 is 0. The van der Waals surface area contributed by atoms with E-state index in [1.54, 1.807) is 4.68 Å². The van der Waals surface area contributed by atoms with Crippen LogP contribution in [0.1, 0.15) is 31.0 Å². The number of hydrogen-bond acceptors (Lipinski definition) is 5. The fraction of sp³-hybridized carbons (Fsp3) is 0.417. The van der Waals surface area contributed by atoms with Crippen LogP contribution in [-0.4, -0.2) is 19.7 Å². The first-order chi connectivity index (χ1) is 8.49. The zero-order valence-corrected chi connectivity index (χ0v) is 11.1. The van der Waals surface area contributed by atoms with Crippen molar-refractivity contribution in [2.45, 2.75) is 26.7 Å². The molecule has 0 aliphatic heterocycles. The molecule has 0 fully saturated rings. The molecule has 0 spiro atoms. The van der Waals surface area contributed by atoms with E-state index in [9.17, 15) is 0 Å². The lowest BCUT2D eigenvalue weighted by molar-refractivity contribution is 0.756. The lowest BCUT2D eigenvalue weighted by Gasteiger charge is -2.14. The predicted octanol–water partition coefficient (Wildman–Crippen LogP) is 1.97. The van der Waals surface area contributed by atoms with Crippen LogP contribution in [0, 0.1) is 6.92 Å². The van der Waals surface area contributed by atoms with Crippen LogP contribution in [0.15, 0.2) is 12.5 Å². The first-order valence-electron chi connectivity index (χ1n) is 5.86. The number of aromatic nitrogens is 4. The molecule has 0 radical (unpaired) electrons. The van der Waals surface area contributed by atoms with Gasteiger partial charge in [0.2, 0.25) is 0 Å². The second-order valence-electron chi connectivity index (χ2n) is 4.60. The van der Waals surface area contributed by atoms with Crippen molar-refractivity contribution in [3.63, 3.8) is 0 Å². The van der Waals surface area contributed by atoms with Crippen LogP contribution < -0.4 is 11.1 Å². The number of nitrogen functional groups attached to an aromatic ring is 1. The Morgan fingerprint density at radius 1 is 1.33 bits per heavy atom. The number of hydrogen-bond donors (Lipinski definition) is 2. The maximum Gasteiger partial charge on any atom is 0.139 e. The van der Waals surface area contributed by atoms with Gasteiger partial charge in [0.05, 0.1) is 11.4 Å². The molecule has 0 bridgehead atoms. The van der Waals surface area contributed by atoms with Crippen molar-refractivity contribution in [3.05, 3.63) is 23.8 Å². The number of anilines is 3. The van der Waals surface area contributed by atoms with Gasteiger partial charge in [-0.25, -0.2) is 9.97 Å². The molecule has 2 rings (SSSR count). The Balaban J connectivity index is 2.40. The van der Waals surface area contributed by atoms with Gasteiger partial charge in [-0.3, -0.25) is 4.68 Å². The lowest BCUT2D eigenvalue weighted by Crippen LogP contribution is -2.06. The minimum absolute atomic E-state index is 0.255. The van der Waals surface area contributed by atoms with Gasteiger partial charge in [-0.05, 0) is 12.8 Å². The first-order valence-corrected chi connectivity index (χ1v) is 5.86. The third-order valence-electron chi connectivity index (χ3n) is 2.76. The van der Waals surface area contributed by atoms with Crippen LogP contribution in [0.3, 0.4) is 0 Å². The van der Waals surface area contributed by atoms with Gasteiger partial charge in [0.1, 0.15) is 18.0 Å². The summed E-state index contributed by atoms with van der Waals surface area (Å²) in [5.41, 5.74) is 8.69. The van der Waals surface area contributed by atoms with E-state index < -0.39 is 0 Å². The van der Waals surface area contributed by atoms with E-state index in [1.807, 2.05) is 20.2 Å². The van der Waals surface area contributed by atoms with E-state index in [2.05, 4.69) is 34.2 Å². The molecule has 2 heterocycles. The summed E-state index contributed by atoms with van der Waals surface area (Å²) in [5.74, 6) is 1.52. The van der Waals surface area contributed by atoms with Crippen molar-refractivity contribution >= 4 is 17.3 Å². The average Bonchev–Trinajstić information content (AvgIpc) is 2.57. The van der Waals surface area contributed by atoms with Crippen LogP contribution in [0.5, 0.6) is 0 Å². The van der Waals surface area contributed by atoms with E-state index in [0.717, 1.165) is 22.8 Å². The average molecular weight is 246 g/mol. The van der Waals surface area contributed by atoms with Crippen molar-refractivity contribution in [1.82, 2.24) is 19.7 Å². The first kappa shape index (κ1) is 12.3. The van der Waals surface area contributed by atoms with Gasteiger partial charge in [0, 0.05) is 18.8 Å². The van der Waals surface area contributed by atoms with Gasteiger partial charge in [-0.2, -0.15) is 5.10 Å². The molecule has 0 aliphatic rings. The molecule has 2 aromatic rings. The molecule has 0 unspecified atom stereocenters. The largest absolute Gasteiger partial charge is 0.383 e. The molecule has 0 amide bonds. The third kappa shape index (κ3) is 2.27. The number of nitrogens with zero attached hydrogens (tertiary/aromatic N) is 4. The Morgan fingerprint density at radius 3 is 2.61 bits per heavy atom. The Hall–Kier alpha value is -2.11. The lowest BCUT2D eigenvalue weighted by atomic mass is 10.0. The smallest absolute Gasteiger partial charge is 0.139 e. The number of aryl methyl sites for hydroxylation is 2. The van der Waals surface area contributed by atoms with Crippen molar-refractivity contribution in [1.29, 1.82) is 0 Å². The van der Waals surface area contributed by atoms with E-state index in [-0.39, 0.29) is 5.92 Å². The highest BCUT2D eigenvalue weighted by Crippen LogP contribution is 2.29. The maximum atomic E-state index is 5.91. The SMILES string of the molecule is Cc1nn(C)cc1Nc1ncnc(N)c1C(C)C. The van der Waals surface area contributed by atoms with E-state index in [1.165, 1.54) is 6.33 Å². The van der Waals surface area contributed by atoms with Gasteiger partial charge in [-0.15, -0.1) is 0 Å². The molecule has 2 aromatic heterocycles. The van der Waals surface area contributed by atoms with E-state index in [4.69, 9.17) is 5.73 Å². The topological polar surface area (TPSA) is 81.7 Å². The number of rotatable bonds is 3. The molecule has 0 atom stereocenters.